The van der Waals surface area contributed by atoms with Crippen LogP contribution in [0, 0.1) is 0 Å². The maximum atomic E-state index is 5.62. The molecule has 1 N–H and O–H groups in total. The van der Waals surface area contributed by atoms with E-state index in [4.69, 9.17) is 4.74 Å². The fourth-order valence-corrected chi connectivity index (χ4v) is 2.85. The summed E-state index contributed by atoms with van der Waals surface area (Å²) in [6.07, 6.45) is 3.61. The average Bonchev–Trinajstić information content (AvgIpc) is 2.71. The molecule has 1 aromatic heterocycles. The van der Waals surface area contributed by atoms with E-state index in [-0.39, 0.29) is 5.60 Å². The Morgan fingerprint density at radius 1 is 1.37 bits per heavy atom. The number of para-hydroxylation sites is 1. The smallest absolute Gasteiger partial charge is 0.0841 e. The number of nitrogens with one attached hydrogen (secondary N) is 1. The summed E-state index contributed by atoms with van der Waals surface area (Å²) < 4.78 is 7.56. The number of benzene rings is 1. The SMILES string of the molecule is COC1(CNCc2nn(C)c3ccccc23)CCC1. The van der Waals surface area contributed by atoms with Crippen LogP contribution < -0.4 is 5.32 Å². The second-order valence-corrected chi connectivity index (χ2v) is 5.43. The summed E-state index contributed by atoms with van der Waals surface area (Å²) in [5.74, 6) is 0. The molecule has 1 saturated carbocycles. The number of rotatable bonds is 5. The standard InChI is InChI=1S/C15H21N3O/c1-18-14-7-4-3-6-12(14)13(17-18)10-16-11-15(19-2)8-5-9-15/h3-4,6-7,16H,5,8-11H2,1-2H3. The van der Waals surface area contributed by atoms with Crippen molar-refractivity contribution in [2.45, 2.75) is 31.4 Å². The number of methoxy groups -OCH3 is 1. The molecular formula is C15H21N3O. The molecule has 1 aliphatic carbocycles. The van der Waals surface area contributed by atoms with Crippen molar-refractivity contribution in [2.24, 2.45) is 7.05 Å². The van der Waals surface area contributed by atoms with Crippen LogP contribution >= 0.6 is 0 Å². The van der Waals surface area contributed by atoms with E-state index < -0.39 is 0 Å². The third-order valence-corrected chi connectivity index (χ3v) is 4.27. The molecule has 1 heterocycles. The highest BCUT2D eigenvalue weighted by Gasteiger charge is 2.36. The molecule has 4 heteroatoms. The highest BCUT2D eigenvalue weighted by atomic mass is 16.5. The van der Waals surface area contributed by atoms with Gasteiger partial charge >= 0.3 is 0 Å². The Kier molecular flexibility index (Phi) is 3.29. The van der Waals surface area contributed by atoms with Gasteiger partial charge in [0, 0.05) is 32.6 Å². The van der Waals surface area contributed by atoms with E-state index in [0.717, 1.165) is 18.8 Å². The van der Waals surface area contributed by atoms with Gasteiger partial charge in [-0.2, -0.15) is 5.10 Å². The lowest BCUT2D eigenvalue weighted by molar-refractivity contribution is -0.0695. The Morgan fingerprint density at radius 2 is 2.16 bits per heavy atom. The van der Waals surface area contributed by atoms with Crippen molar-refractivity contribution in [3.8, 4) is 0 Å². The Labute approximate surface area is 113 Å². The number of aryl methyl sites for hydroxylation is 1. The van der Waals surface area contributed by atoms with Gasteiger partial charge in [-0.05, 0) is 25.3 Å². The van der Waals surface area contributed by atoms with Gasteiger partial charge in [-0.3, -0.25) is 4.68 Å². The lowest BCUT2D eigenvalue weighted by Gasteiger charge is -2.40. The molecular weight excluding hydrogens is 238 g/mol. The summed E-state index contributed by atoms with van der Waals surface area (Å²) in [5, 5.41) is 9.33. The van der Waals surface area contributed by atoms with E-state index in [1.54, 1.807) is 0 Å². The molecule has 1 aromatic carbocycles. The van der Waals surface area contributed by atoms with Gasteiger partial charge in [0.1, 0.15) is 0 Å². The topological polar surface area (TPSA) is 39.1 Å². The van der Waals surface area contributed by atoms with Crippen molar-refractivity contribution in [1.82, 2.24) is 15.1 Å². The van der Waals surface area contributed by atoms with E-state index >= 15 is 0 Å². The second-order valence-electron chi connectivity index (χ2n) is 5.43. The van der Waals surface area contributed by atoms with E-state index in [9.17, 15) is 0 Å². The third kappa shape index (κ3) is 2.26. The fourth-order valence-electron chi connectivity index (χ4n) is 2.85. The molecule has 102 valence electrons. The number of fused-ring (bicyclic) bond motifs is 1. The van der Waals surface area contributed by atoms with Crippen LogP contribution in [0.25, 0.3) is 10.9 Å². The first kappa shape index (κ1) is 12.6. The van der Waals surface area contributed by atoms with E-state index in [1.807, 2.05) is 18.8 Å². The Morgan fingerprint density at radius 3 is 2.84 bits per heavy atom. The summed E-state index contributed by atoms with van der Waals surface area (Å²) >= 11 is 0. The van der Waals surface area contributed by atoms with E-state index in [2.05, 4.69) is 34.7 Å². The van der Waals surface area contributed by atoms with Crippen molar-refractivity contribution < 1.29 is 4.74 Å². The fraction of sp³-hybridized carbons (Fsp3) is 0.533. The Bertz CT molecular complexity index is 566. The van der Waals surface area contributed by atoms with Crippen LogP contribution in [0.3, 0.4) is 0 Å². The largest absolute Gasteiger partial charge is 0.377 e. The zero-order valence-corrected chi connectivity index (χ0v) is 11.6. The molecule has 1 fully saturated rings. The summed E-state index contributed by atoms with van der Waals surface area (Å²) in [6, 6.07) is 8.36. The van der Waals surface area contributed by atoms with Crippen molar-refractivity contribution in [2.75, 3.05) is 13.7 Å². The van der Waals surface area contributed by atoms with Crippen LogP contribution in [-0.2, 0) is 18.3 Å². The van der Waals surface area contributed by atoms with Gasteiger partial charge in [0.15, 0.2) is 0 Å². The lowest BCUT2D eigenvalue weighted by Crippen LogP contribution is -2.47. The quantitative estimate of drug-likeness (QED) is 0.895. The predicted octanol–water partition coefficient (Wildman–Crippen LogP) is 2.23. The molecule has 0 radical (unpaired) electrons. The van der Waals surface area contributed by atoms with Crippen LogP contribution in [0.4, 0.5) is 0 Å². The molecule has 3 rings (SSSR count). The summed E-state index contributed by atoms with van der Waals surface area (Å²) in [6.45, 7) is 1.71. The molecule has 0 saturated heterocycles. The highest BCUT2D eigenvalue weighted by Crippen LogP contribution is 2.34. The summed E-state index contributed by atoms with van der Waals surface area (Å²) in [7, 11) is 3.81. The summed E-state index contributed by atoms with van der Waals surface area (Å²) in [5.41, 5.74) is 2.37. The maximum absolute atomic E-state index is 5.62. The lowest BCUT2D eigenvalue weighted by atomic mass is 9.80. The van der Waals surface area contributed by atoms with Gasteiger partial charge in [0.2, 0.25) is 0 Å². The van der Waals surface area contributed by atoms with Crippen LogP contribution in [0.15, 0.2) is 24.3 Å². The third-order valence-electron chi connectivity index (χ3n) is 4.27. The number of ether oxygens (including phenoxy) is 1. The zero-order chi connectivity index (χ0) is 13.3. The molecule has 0 atom stereocenters. The molecule has 0 aliphatic heterocycles. The number of aromatic nitrogens is 2. The minimum atomic E-state index is 0.0740. The van der Waals surface area contributed by atoms with Crippen LogP contribution in [-0.4, -0.2) is 29.0 Å². The number of hydrogen-bond donors (Lipinski definition) is 1. The van der Waals surface area contributed by atoms with E-state index in [1.165, 1.54) is 30.2 Å². The molecule has 0 unspecified atom stereocenters. The highest BCUT2D eigenvalue weighted by molar-refractivity contribution is 5.81. The first-order chi connectivity index (χ1) is 9.24. The van der Waals surface area contributed by atoms with Crippen molar-refractivity contribution in [1.29, 1.82) is 0 Å². The van der Waals surface area contributed by atoms with Crippen molar-refractivity contribution in [3.63, 3.8) is 0 Å². The molecule has 4 nitrogen and oxygen atoms in total. The van der Waals surface area contributed by atoms with Crippen molar-refractivity contribution in [3.05, 3.63) is 30.0 Å². The van der Waals surface area contributed by atoms with Gasteiger partial charge in [-0.15, -0.1) is 0 Å². The van der Waals surface area contributed by atoms with Gasteiger partial charge in [-0.25, -0.2) is 0 Å². The minimum absolute atomic E-state index is 0.0740. The zero-order valence-electron chi connectivity index (χ0n) is 11.6. The van der Waals surface area contributed by atoms with Crippen molar-refractivity contribution >= 4 is 10.9 Å². The van der Waals surface area contributed by atoms with Gasteiger partial charge in [0.05, 0.1) is 16.8 Å². The Hall–Kier alpha value is -1.39. The number of hydrogen-bond acceptors (Lipinski definition) is 3. The van der Waals surface area contributed by atoms with Crippen LogP contribution in [0.1, 0.15) is 25.0 Å². The van der Waals surface area contributed by atoms with Crippen LogP contribution in [0.2, 0.25) is 0 Å². The van der Waals surface area contributed by atoms with E-state index in [0.29, 0.717) is 0 Å². The minimum Gasteiger partial charge on any atom is -0.377 e. The normalized spacial score (nSPS) is 17.6. The second kappa shape index (κ2) is 4.94. The first-order valence-corrected chi connectivity index (χ1v) is 6.91. The predicted molar refractivity (Wildman–Crippen MR) is 76.0 cm³/mol. The van der Waals surface area contributed by atoms with Gasteiger partial charge < -0.3 is 10.1 Å². The van der Waals surface area contributed by atoms with Gasteiger partial charge in [-0.1, -0.05) is 18.2 Å². The summed E-state index contributed by atoms with van der Waals surface area (Å²) in [4.78, 5) is 0. The molecule has 1 aliphatic rings. The van der Waals surface area contributed by atoms with Crippen LogP contribution in [0.5, 0.6) is 0 Å². The average molecular weight is 259 g/mol. The monoisotopic (exact) mass is 259 g/mol. The van der Waals surface area contributed by atoms with Gasteiger partial charge in [0.25, 0.3) is 0 Å². The molecule has 19 heavy (non-hydrogen) atoms. The molecule has 0 amide bonds. The first-order valence-electron chi connectivity index (χ1n) is 6.91. The Balaban J connectivity index is 1.69. The molecule has 0 bridgehead atoms. The molecule has 2 aromatic rings. The number of nitrogens with zero attached hydrogens (tertiary/aromatic N) is 2. The maximum Gasteiger partial charge on any atom is 0.0841 e. The molecule has 0 spiro atoms.